The fraction of sp³-hybridized carbons (Fsp3) is 0.130. The van der Waals surface area contributed by atoms with Crippen LogP contribution in [0.5, 0.6) is 5.75 Å². The molecule has 0 saturated heterocycles. The third-order valence-electron chi connectivity index (χ3n) is 4.37. The van der Waals surface area contributed by atoms with Crippen LogP contribution in [-0.2, 0) is 6.42 Å². The van der Waals surface area contributed by atoms with Crippen molar-refractivity contribution in [3.8, 4) is 5.75 Å². The molecule has 0 saturated carbocycles. The number of nitrogens with one attached hydrogen (secondary N) is 2. The van der Waals surface area contributed by atoms with Crippen molar-refractivity contribution in [1.29, 1.82) is 0 Å². The van der Waals surface area contributed by atoms with Crippen LogP contribution in [0.25, 0.3) is 0 Å². The summed E-state index contributed by atoms with van der Waals surface area (Å²) in [5.74, 6) is -0.138. The van der Waals surface area contributed by atoms with E-state index in [1.807, 2.05) is 30.3 Å². The second-order valence-electron chi connectivity index (χ2n) is 6.34. The van der Waals surface area contributed by atoms with Crippen molar-refractivity contribution in [1.82, 2.24) is 5.32 Å². The lowest BCUT2D eigenvalue weighted by Gasteiger charge is -2.13. The fourth-order valence-corrected chi connectivity index (χ4v) is 3.26. The fourth-order valence-electron chi connectivity index (χ4n) is 2.90. The summed E-state index contributed by atoms with van der Waals surface area (Å²) >= 11 is 3.36. The minimum Gasteiger partial charge on any atom is -0.496 e. The van der Waals surface area contributed by atoms with Gasteiger partial charge in [-0.3, -0.25) is 9.59 Å². The van der Waals surface area contributed by atoms with Gasteiger partial charge in [0.25, 0.3) is 11.8 Å². The van der Waals surface area contributed by atoms with E-state index >= 15 is 0 Å². The molecule has 2 N–H and O–H groups in total. The summed E-state index contributed by atoms with van der Waals surface area (Å²) in [6.45, 7) is 0.505. The normalized spacial score (nSPS) is 10.3. The number of benzene rings is 3. The zero-order valence-electron chi connectivity index (χ0n) is 15.9. The maximum absolute atomic E-state index is 12.8. The van der Waals surface area contributed by atoms with Crippen molar-refractivity contribution in [2.24, 2.45) is 0 Å². The van der Waals surface area contributed by atoms with Gasteiger partial charge in [0.15, 0.2) is 0 Å². The molecule has 3 rings (SSSR count). The Morgan fingerprint density at radius 2 is 1.62 bits per heavy atom. The van der Waals surface area contributed by atoms with Crippen LogP contribution in [0.1, 0.15) is 26.3 Å². The molecule has 6 heteroatoms. The van der Waals surface area contributed by atoms with Crippen molar-refractivity contribution in [3.05, 3.63) is 94.0 Å². The molecule has 2 amide bonds. The maximum atomic E-state index is 12.8. The van der Waals surface area contributed by atoms with Crippen molar-refractivity contribution < 1.29 is 14.3 Å². The van der Waals surface area contributed by atoms with Crippen LogP contribution in [0.2, 0.25) is 0 Å². The van der Waals surface area contributed by atoms with Gasteiger partial charge in [-0.25, -0.2) is 0 Å². The van der Waals surface area contributed by atoms with E-state index in [-0.39, 0.29) is 11.8 Å². The van der Waals surface area contributed by atoms with Crippen LogP contribution < -0.4 is 15.4 Å². The van der Waals surface area contributed by atoms with Crippen molar-refractivity contribution >= 4 is 33.4 Å². The Morgan fingerprint density at radius 3 is 2.38 bits per heavy atom. The molecule has 148 valence electrons. The van der Waals surface area contributed by atoms with Gasteiger partial charge in [0.1, 0.15) is 5.75 Å². The van der Waals surface area contributed by atoms with Crippen LogP contribution in [0.3, 0.4) is 0 Å². The average molecular weight is 453 g/mol. The van der Waals surface area contributed by atoms with Gasteiger partial charge >= 0.3 is 0 Å². The number of carbonyl (C=O) groups excluding carboxylic acids is 2. The summed E-state index contributed by atoms with van der Waals surface area (Å²) in [6.07, 6.45) is 0.732. The third kappa shape index (κ3) is 5.45. The Kier molecular flexibility index (Phi) is 7.03. The second kappa shape index (κ2) is 9.89. The van der Waals surface area contributed by atoms with E-state index in [4.69, 9.17) is 4.74 Å². The minimum absolute atomic E-state index is 0.238. The van der Waals surface area contributed by atoms with Crippen molar-refractivity contribution in [3.63, 3.8) is 0 Å². The van der Waals surface area contributed by atoms with Crippen LogP contribution in [-0.4, -0.2) is 25.5 Å². The molecule has 3 aromatic rings. The number of para-hydroxylation sites is 1. The molecular formula is C23H21BrN2O3. The first-order valence-electron chi connectivity index (χ1n) is 9.14. The Hall–Kier alpha value is -3.12. The molecule has 3 aromatic carbocycles. The molecule has 0 atom stereocenters. The minimum atomic E-state index is -0.354. The van der Waals surface area contributed by atoms with E-state index in [0.29, 0.717) is 29.1 Å². The Bertz CT molecular complexity index is 1010. The molecular weight excluding hydrogens is 432 g/mol. The van der Waals surface area contributed by atoms with Crippen LogP contribution >= 0.6 is 15.9 Å². The topological polar surface area (TPSA) is 67.4 Å². The quantitative estimate of drug-likeness (QED) is 0.546. The summed E-state index contributed by atoms with van der Waals surface area (Å²) < 4.78 is 6.03. The number of ether oxygens (including phenoxy) is 1. The molecule has 0 aliphatic rings. The van der Waals surface area contributed by atoms with Crippen molar-refractivity contribution in [2.75, 3.05) is 19.0 Å². The molecule has 0 aliphatic heterocycles. The van der Waals surface area contributed by atoms with Gasteiger partial charge in [0.05, 0.1) is 23.9 Å². The number of methoxy groups -OCH3 is 1. The SMILES string of the molecule is COc1ccc(Br)cc1C(=O)Nc1ccccc1C(=O)NCCc1ccccc1. The van der Waals surface area contributed by atoms with Gasteiger partial charge in [-0.05, 0) is 42.3 Å². The van der Waals surface area contributed by atoms with Crippen LogP contribution in [0, 0.1) is 0 Å². The van der Waals surface area contributed by atoms with Gasteiger partial charge in [-0.15, -0.1) is 0 Å². The summed E-state index contributed by atoms with van der Waals surface area (Å²) in [4.78, 5) is 25.4. The third-order valence-corrected chi connectivity index (χ3v) is 4.86. The van der Waals surface area contributed by atoms with E-state index < -0.39 is 0 Å². The van der Waals surface area contributed by atoms with Gasteiger partial charge in [0.2, 0.25) is 0 Å². The molecule has 0 heterocycles. The first-order chi connectivity index (χ1) is 14.1. The monoisotopic (exact) mass is 452 g/mol. The molecule has 0 unspecified atom stereocenters. The summed E-state index contributed by atoms with van der Waals surface area (Å²) in [5, 5.41) is 5.73. The Labute approximate surface area is 178 Å². The van der Waals surface area contributed by atoms with E-state index in [2.05, 4.69) is 26.6 Å². The number of rotatable bonds is 7. The molecule has 0 spiro atoms. The Balaban J connectivity index is 1.71. The number of carbonyl (C=O) groups is 2. The summed E-state index contributed by atoms with van der Waals surface area (Å²) in [5.41, 5.74) is 2.37. The standard InChI is InChI=1S/C23H21BrN2O3/c1-29-21-12-11-17(24)15-19(21)23(28)26-20-10-6-5-9-18(20)22(27)25-14-13-16-7-3-2-4-8-16/h2-12,15H,13-14H2,1H3,(H,25,27)(H,26,28). The zero-order valence-corrected chi connectivity index (χ0v) is 17.5. The predicted molar refractivity (Wildman–Crippen MR) is 118 cm³/mol. The highest BCUT2D eigenvalue weighted by atomic mass is 79.9. The molecule has 0 aliphatic carbocycles. The average Bonchev–Trinajstić information content (AvgIpc) is 2.74. The van der Waals surface area contributed by atoms with E-state index in [1.54, 1.807) is 42.5 Å². The molecule has 0 aromatic heterocycles. The summed E-state index contributed by atoms with van der Waals surface area (Å²) in [7, 11) is 1.51. The molecule has 0 fully saturated rings. The highest BCUT2D eigenvalue weighted by molar-refractivity contribution is 9.10. The van der Waals surface area contributed by atoms with Crippen LogP contribution in [0.15, 0.2) is 77.3 Å². The lowest BCUT2D eigenvalue weighted by Crippen LogP contribution is -2.27. The highest BCUT2D eigenvalue weighted by Crippen LogP contribution is 2.25. The first-order valence-corrected chi connectivity index (χ1v) is 9.94. The van der Waals surface area contributed by atoms with E-state index in [9.17, 15) is 9.59 Å². The van der Waals surface area contributed by atoms with Gasteiger partial charge in [-0.2, -0.15) is 0 Å². The molecule has 5 nitrogen and oxygen atoms in total. The Morgan fingerprint density at radius 1 is 0.897 bits per heavy atom. The first kappa shape index (κ1) is 20.6. The lowest BCUT2D eigenvalue weighted by molar-refractivity contribution is 0.0955. The summed E-state index contributed by atoms with van der Waals surface area (Å²) in [6, 6.07) is 22.0. The lowest BCUT2D eigenvalue weighted by atomic mass is 10.1. The van der Waals surface area contributed by atoms with E-state index in [0.717, 1.165) is 16.5 Å². The number of anilines is 1. The molecule has 29 heavy (non-hydrogen) atoms. The van der Waals surface area contributed by atoms with Gasteiger partial charge in [-0.1, -0.05) is 58.4 Å². The van der Waals surface area contributed by atoms with Gasteiger partial charge < -0.3 is 15.4 Å². The predicted octanol–water partition coefficient (Wildman–Crippen LogP) is 4.68. The molecule has 0 bridgehead atoms. The number of hydrogen-bond acceptors (Lipinski definition) is 3. The smallest absolute Gasteiger partial charge is 0.259 e. The number of amides is 2. The van der Waals surface area contributed by atoms with E-state index in [1.165, 1.54) is 7.11 Å². The van der Waals surface area contributed by atoms with Gasteiger partial charge in [0, 0.05) is 11.0 Å². The maximum Gasteiger partial charge on any atom is 0.259 e. The number of halogens is 1. The van der Waals surface area contributed by atoms with Crippen molar-refractivity contribution in [2.45, 2.75) is 6.42 Å². The number of hydrogen-bond donors (Lipinski definition) is 2. The zero-order chi connectivity index (χ0) is 20.6. The molecule has 0 radical (unpaired) electrons. The highest BCUT2D eigenvalue weighted by Gasteiger charge is 2.17. The second-order valence-corrected chi connectivity index (χ2v) is 7.25. The van der Waals surface area contributed by atoms with Crippen LogP contribution in [0.4, 0.5) is 5.69 Å². The largest absolute Gasteiger partial charge is 0.496 e.